The summed E-state index contributed by atoms with van der Waals surface area (Å²) in [5.74, 6) is 0.403. The Labute approximate surface area is 127 Å². The molecular formula is C16H14ClFO3. The minimum Gasteiger partial charge on any atom is -0.490 e. The van der Waals surface area contributed by atoms with Crippen LogP contribution in [-0.2, 0) is 6.61 Å². The summed E-state index contributed by atoms with van der Waals surface area (Å²) in [5.41, 5.74) is 1.08. The monoisotopic (exact) mass is 308 g/mol. The van der Waals surface area contributed by atoms with Crippen molar-refractivity contribution in [1.82, 2.24) is 0 Å². The van der Waals surface area contributed by atoms with Crippen LogP contribution < -0.4 is 9.47 Å². The quantitative estimate of drug-likeness (QED) is 0.748. The molecule has 0 spiro atoms. The van der Waals surface area contributed by atoms with Crippen LogP contribution >= 0.6 is 11.6 Å². The maximum atomic E-state index is 13.1. The van der Waals surface area contributed by atoms with Crippen LogP contribution in [0.4, 0.5) is 4.39 Å². The van der Waals surface area contributed by atoms with E-state index >= 15 is 0 Å². The third-order valence-corrected chi connectivity index (χ3v) is 3.02. The molecule has 2 rings (SSSR count). The SMILES string of the molecule is CCOc1cc(C=O)cc(Cl)c1OCc1cccc(F)c1. The lowest BCUT2D eigenvalue weighted by Gasteiger charge is -2.14. The molecule has 0 amide bonds. The number of carbonyl (C=O) groups is 1. The zero-order valence-corrected chi connectivity index (χ0v) is 12.2. The zero-order valence-electron chi connectivity index (χ0n) is 11.4. The average molecular weight is 309 g/mol. The molecule has 0 unspecified atom stereocenters. The smallest absolute Gasteiger partial charge is 0.180 e. The van der Waals surface area contributed by atoms with Crippen LogP contribution in [0.25, 0.3) is 0 Å². The van der Waals surface area contributed by atoms with E-state index in [1.165, 1.54) is 18.2 Å². The topological polar surface area (TPSA) is 35.5 Å². The van der Waals surface area contributed by atoms with Crippen LogP contribution in [0.2, 0.25) is 5.02 Å². The normalized spacial score (nSPS) is 10.2. The first-order valence-corrected chi connectivity index (χ1v) is 6.80. The molecule has 0 saturated heterocycles. The van der Waals surface area contributed by atoms with Gasteiger partial charge in [-0.2, -0.15) is 0 Å². The number of rotatable bonds is 6. The summed E-state index contributed by atoms with van der Waals surface area (Å²) in [6.45, 7) is 2.38. The van der Waals surface area contributed by atoms with Gasteiger partial charge in [0.05, 0.1) is 11.6 Å². The van der Waals surface area contributed by atoms with Crippen molar-refractivity contribution in [2.45, 2.75) is 13.5 Å². The van der Waals surface area contributed by atoms with Crippen molar-refractivity contribution >= 4 is 17.9 Å². The van der Waals surface area contributed by atoms with Gasteiger partial charge in [-0.1, -0.05) is 23.7 Å². The van der Waals surface area contributed by atoms with E-state index in [9.17, 15) is 9.18 Å². The number of halogens is 2. The van der Waals surface area contributed by atoms with E-state index in [4.69, 9.17) is 21.1 Å². The zero-order chi connectivity index (χ0) is 15.2. The van der Waals surface area contributed by atoms with Gasteiger partial charge in [0.25, 0.3) is 0 Å². The predicted octanol–water partition coefficient (Wildman–Crippen LogP) is 4.27. The Hall–Kier alpha value is -2.07. The molecule has 5 heteroatoms. The summed E-state index contributed by atoms with van der Waals surface area (Å²) in [7, 11) is 0. The van der Waals surface area contributed by atoms with Crippen molar-refractivity contribution in [3.05, 3.63) is 58.4 Å². The van der Waals surface area contributed by atoms with Gasteiger partial charge in [0, 0.05) is 5.56 Å². The second-order valence-corrected chi connectivity index (χ2v) is 4.71. The predicted molar refractivity (Wildman–Crippen MR) is 78.7 cm³/mol. The van der Waals surface area contributed by atoms with Crippen LogP contribution in [0.1, 0.15) is 22.8 Å². The summed E-state index contributed by atoms with van der Waals surface area (Å²) in [4.78, 5) is 10.8. The Kier molecular flexibility index (Phi) is 5.17. The van der Waals surface area contributed by atoms with Gasteiger partial charge in [0.15, 0.2) is 11.5 Å². The van der Waals surface area contributed by atoms with Gasteiger partial charge >= 0.3 is 0 Å². The van der Waals surface area contributed by atoms with E-state index in [0.29, 0.717) is 35.5 Å². The third-order valence-electron chi connectivity index (χ3n) is 2.74. The van der Waals surface area contributed by atoms with E-state index in [2.05, 4.69) is 0 Å². The molecule has 21 heavy (non-hydrogen) atoms. The Morgan fingerprint density at radius 2 is 2.05 bits per heavy atom. The molecule has 0 fully saturated rings. The van der Waals surface area contributed by atoms with E-state index in [-0.39, 0.29) is 17.4 Å². The first-order chi connectivity index (χ1) is 10.1. The third kappa shape index (κ3) is 3.95. The van der Waals surface area contributed by atoms with Crippen LogP contribution in [0.15, 0.2) is 36.4 Å². The Bertz CT molecular complexity index is 643. The molecular weight excluding hydrogens is 295 g/mol. The van der Waals surface area contributed by atoms with E-state index in [1.807, 2.05) is 6.92 Å². The molecule has 2 aromatic carbocycles. The molecule has 0 aliphatic carbocycles. The molecule has 0 aliphatic heterocycles. The number of hydrogen-bond acceptors (Lipinski definition) is 3. The van der Waals surface area contributed by atoms with Crippen LogP contribution in [0.5, 0.6) is 11.5 Å². The maximum absolute atomic E-state index is 13.1. The lowest BCUT2D eigenvalue weighted by molar-refractivity contribution is 0.112. The summed E-state index contributed by atoms with van der Waals surface area (Å²) in [6.07, 6.45) is 0.685. The van der Waals surface area contributed by atoms with Crippen LogP contribution in [0.3, 0.4) is 0 Å². The summed E-state index contributed by atoms with van der Waals surface area (Å²) in [5, 5.41) is 0.277. The molecule has 0 heterocycles. The first-order valence-electron chi connectivity index (χ1n) is 6.42. The van der Waals surface area contributed by atoms with E-state index in [1.54, 1.807) is 18.2 Å². The number of ether oxygens (including phenoxy) is 2. The highest BCUT2D eigenvalue weighted by Crippen LogP contribution is 2.36. The van der Waals surface area contributed by atoms with Gasteiger partial charge in [-0.15, -0.1) is 0 Å². The van der Waals surface area contributed by atoms with Gasteiger partial charge < -0.3 is 9.47 Å². The van der Waals surface area contributed by atoms with Crippen molar-refractivity contribution in [1.29, 1.82) is 0 Å². The largest absolute Gasteiger partial charge is 0.490 e. The lowest BCUT2D eigenvalue weighted by Crippen LogP contribution is -2.01. The summed E-state index contributed by atoms with van der Waals surface area (Å²) in [6, 6.07) is 9.15. The molecule has 0 aliphatic rings. The minimum absolute atomic E-state index is 0.151. The van der Waals surface area contributed by atoms with Crippen molar-refractivity contribution in [3.8, 4) is 11.5 Å². The average Bonchev–Trinajstić information content (AvgIpc) is 2.46. The fraction of sp³-hybridized carbons (Fsp3) is 0.188. The molecule has 0 aromatic heterocycles. The van der Waals surface area contributed by atoms with Gasteiger partial charge in [-0.3, -0.25) is 4.79 Å². The molecule has 0 saturated carbocycles. The van der Waals surface area contributed by atoms with Gasteiger partial charge in [-0.05, 0) is 36.8 Å². The molecule has 2 aromatic rings. The molecule has 0 radical (unpaired) electrons. The van der Waals surface area contributed by atoms with Gasteiger partial charge in [0.1, 0.15) is 18.7 Å². The minimum atomic E-state index is -0.330. The molecule has 0 bridgehead atoms. The van der Waals surface area contributed by atoms with Gasteiger partial charge in [0.2, 0.25) is 0 Å². The molecule has 0 N–H and O–H groups in total. The van der Waals surface area contributed by atoms with Crippen LogP contribution in [0, 0.1) is 5.82 Å². The first kappa shape index (κ1) is 15.3. The van der Waals surface area contributed by atoms with Crippen molar-refractivity contribution < 1.29 is 18.7 Å². The fourth-order valence-electron chi connectivity index (χ4n) is 1.84. The van der Waals surface area contributed by atoms with E-state index < -0.39 is 0 Å². The van der Waals surface area contributed by atoms with Crippen molar-refractivity contribution in [2.24, 2.45) is 0 Å². The fourth-order valence-corrected chi connectivity index (χ4v) is 2.11. The Balaban J connectivity index is 2.24. The highest BCUT2D eigenvalue weighted by atomic mass is 35.5. The second-order valence-electron chi connectivity index (χ2n) is 4.30. The van der Waals surface area contributed by atoms with Gasteiger partial charge in [-0.25, -0.2) is 4.39 Å². The maximum Gasteiger partial charge on any atom is 0.180 e. The number of benzene rings is 2. The summed E-state index contributed by atoms with van der Waals surface area (Å²) < 4.78 is 24.2. The number of aldehydes is 1. The number of hydrogen-bond donors (Lipinski definition) is 0. The molecule has 3 nitrogen and oxygen atoms in total. The summed E-state index contributed by atoms with van der Waals surface area (Å²) >= 11 is 6.11. The Morgan fingerprint density at radius 3 is 2.71 bits per heavy atom. The molecule has 0 atom stereocenters. The van der Waals surface area contributed by atoms with Crippen LogP contribution in [-0.4, -0.2) is 12.9 Å². The van der Waals surface area contributed by atoms with Crippen molar-refractivity contribution in [2.75, 3.05) is 6.61 Å². The van der Waals surface area contributed by atoms with E-state index in [0.717, 1.165) is 0 Å². The standard InChI is InChI=1S/C16H14ClFO3/c1-2-20-15-8-12(9-19)7-14(17)16(15)21-10-11-4-3-5-13(18)6-11/h3-9H,2,10H2,1H3. The Morgan fingerprint density at radius 1 is 1.24 bits per heavy atom. The second kappa shape index (κ2) is 7.09. The molecule has 110 valence electrons. The highest BCUT2D eigenvalue weighted by Gasteiger charge is 2.13. The lowest BCUT2D eigenvalue weighted by atomic mass is 10.2. The number of carbonyl (C=O) groups excluding carboxylic acids is 1. The van der Waals surface area contributed by atoms with Crippen molar-refractivity contribution in [3.63, 3.8) is 0 Å². The highest BCUT2D eigenvalue weighted by molar-refractivity contribution is 6.32.